The summed E-state index contributed by atoms with van der Waals surface area (Å²) in [7, 11) is 0. The zero-order valence-corrected chi connectivity index (χ0v) is 12.5. The van der Waals surface area contributed by atoms with Gasteiger partial charge in [-0.2, -0.15) is 0 Å². The Hall–Kier alpha value is -1.66. The minimum Gasteiger partial charge on any atom is -0.399 e. The average Bonchev–Trinajstić information content (AvgIpc) is 3.18. The molecule has 0 bridgehead atoms. The molecule has 1 aliphatic carbocycles. The largest absolute Gasteiger partial charge is 0.399 e. The summed E-state index contributed by atoms with van der Waals surface area (Å²) in [6, 6.07) is 5.30. The van der Waals surface area contributed by atoms with Crippen LogP contribution in [0.2, 0.25) is 5.02 Å². The van der Waals surface area contributed by atoms with Crippen LogP contribution in [0.25, 0.3) is 11.4 Å². The van der Waals surface area contributed by atoms with Gasteiger partial charge in [-0.25, -0.2) is 4.68 Å². The molecule has 0 unspecified atom stereocenters. The number of nitrogen functional groups attached to an aromatic ring is 1. The van der Waals surface area contributed by atoms with Crippen LogP contribution in [0.5, 0.6) is 0 Å². The first-order valence-corrected chi connectivity index (χ1v) is 7.51. The zero-order valence-electron chi connectivity index (χ0n) is 11.7. The summed E-state index contributed by atoms with van der Waals surface area (Å²) in [5, 5.41) is 12.4. The van der Waals surface area contributed by atoms with Crippen LogP contribution < -0.4 is 5.73 Å². The molecule has 7 heteroatoms. The first-order chi connectivity index (χ1) is 10.2. The first-order valence-electron chi connectivity index (χ1n) is 7.13. The lowest BCUT2D eigenvalue weighted by Gasteiger charge is -2.07. The van der Waals surface area contributed by atoms with Gasteiger partial charge in [-0.15, -0.1) is 5.10 Å². The highest BCUT2D eigenvalue weighted by atomic mass is 35.5. The third kappa shape index (κ3) is 3.71. The molecular weight excluding hydrogens is 290 g/mol. The molecule has 3 rings (SSSR count). The van der Waals surface area contributed by atoms with Crippen molar-refractivity contribution in [1.29, 1.82) is 0 Å². The molecule has 1 aliphatic rings. The molecule has 1 saturated carbocycles. The number of hydrogen-bond acceptors (Lipinski definition) is 5. The number of ether oxygens (including phenoxy) is 1. The Morgan fingerprint density at radius 2 is 2.24 bits per heavy atom. The second-order valence-corrected chi connectivity index (χ2v) is 5.74. The predicted molar refractivity (Wildman–Crippen MR) is 80.8 cm³/mol. The molecule has 112 valence electrons. The van der Waals surface area contributed by atoms with Gasteiger partial charge >= 0.3 is 0 Å². The van der Waals surface area contributed by atoms with E-state index in [1.165, 1.54) is 12.8 Å². The smallest absolute Gasteiger partial charge is 0.183 e. The summed E-state index contributed by atoms with van der Waals surface area (Å²) in [6.45, 7) is 2.29. The molecule has 2 N–H and O–H groups in total. The minimum atomic E-state index is 0.588. The van der Waals surface area contributed by atoms with Crippen molar-refractivity contribution in [1.82, 2.24) is 20.2 Å². The van der Waals surface area contributed by atoms with Crippen molar-refractivity contribution in [3.8, 4) is 11.4 Å². The lowest BCUT2D eigenvalue weighted by molar-refractivity contribution is 0.118. The maximum Gasteiger partial charge on any atom is 0.183 e. The fraction of sp³-hybridized carbons (Fsp3) is 0.500. The third-order valence-corrected chi connectivity index (χ3v) is 3.80. The highest BCUT2D eigenvalue weighted by Crippen LogP contribution is 2.29. The van der Waals surface area contributed by atoms with Gasteiger partial charge < -0.3 is 10.5 Å². The Balaban J connectivity index is 1.61. The summed E-state index contributed by atoms with van der Waals surface area (Å²) < 4.78 is 7.35. The fourth-order valence-corrected chi connectivity index (χ4v) is 2.32. The quantitative estimate of drug-likeness (QED) is 0.627. The molecule has 0 amide bonds. The molecule has 0 aliphatic heterocycles. The molecular formula is C14H18ClN5O. The van der Waals surface area contributed by atoms with E-state index in [-0.39, 0.29) is 0 Å². The van der Waals surface area contributed by atoms with Crippen LogP contribution in [-0.2, 0) is 11.3 Å². The van der Waals surface area contributed by atoms with Crippen molar-refractivity contribution in [2.75, 3.05) is 18.9 Å². The van der Waals surface area contributed by atoms with E-state index in [4.69, 9.17) is 22.1 Å². The van der Waals surface area contributed by atoms with E-state index in [1.54, 1.807) is 22.9 Å². The van der Waals surface area contributed by atoms with Gasteiger partial charge in [0, 0.05) is 31.0 Å². The fourth-order valence-electron chi connectivity index (χ4n) is 2.11. The summed E-state index contributed by atoms with van der Waals surface area (Å²) >= 11 is 6.20. The topological polar surface area (TPSA) is 78.9 Å². The zero-order chi connectivity index (χ0) is 14.7. The van der Waals surface area contributed by atoms with Crippen molar-refractivity contribution >= 4 is 17.3 Å². The maximum atomic E-state index is 6.20. The molecule has 0 saturated heterocycles. The Morgan fingerprint density at radius 1 is 1.38 bits per heavy atom. The molecule has 1 aromatic carbocycles. The average molecular weight is 308 g/mol. The summed E-state index contributed by atoms with van der Waals surface area (Å²) in [6.07, 6.45) is 3.49. The van der Waals surface area contributed by atoms with Gasteiger partial charge in [0.05, 0.1) is 5.02 Å². The van der Waals surface area contributed by atoms with E-state index < -0.39 is 0 Å². The molecule has 1 aromatic heterocycles. The van der Waals surface area contributed by atoms with Gasteiger partial charge in [0.2, 0.25) is 0 Å². The van der Waals surface area contributed by atoms with Crippen LogP contribution in [0.4, 0.5) is 5.69 Å². The third-order valence-electron chi connectivity index (χ3n) is 3.47. The molecule has 1 heterocycles. The summed E-state index contributed by atoms with van der Waals surface area (Å²) in [5.74, 6) is 1.43. The van der Waals surface area contributed by atoms with Crippen LogP contribution >= 0.6 is 11.6 Å². The lowest BCUT2D eigenvalue weighted by Crippen LogP contribution is -2.07. The van der Waals surface area contributed by atoms with Gasteiger partial charge in [0.1, 0.15) is 0 Å². The molecule has 1 fully saturated rings. The van der Waals surface area contributed by atoms with E-state index in [9.17, 15) is 0 Å². The second kappa shape index (κ2) is 6.41. The molecule has 0 radical (unpaired) electrons. The number of aromatic nitrogens is 4. The number of nitrogens with two attached hydrogens (primary N) is 1. The highest BCUT2D eigenvalue weighted by Gasteiger charge is 2.21. The van der Waals surface area contributed by atoms with Crippen molar-refractivity contribution in [2.45, 2.75) is 25.8 Å². The summed E-state index contributed by atoms with van der Waals surface area (Å²) in [5.41, 5.74) is 7.19. The number of halogens is 1. The van der Waals surface area contributed by atoms with E-state index >= 15 is 0 Å². The first kappa shape index (κ1) is 14.3. The van der Waals surface area contributed by atoms with Gasteiger partial charge in [0.15, 0.2) is 5.82 Å². The van der Waals surface area contributed by atoms with Crippen LogP contribution in [0.3, 0.4) is 0 Å². The maximum absolute atomic E-state index is 6.20. The number of anilines is 1. The van der Waals surface area contributed by atoms with Gasteiger partial charge in [0.25, 0.3) is 0 Å². The SMILES string of the molecule is Nc1ccc(Cl)c(-c2nnnn2CCCOCC2CC2)c1. The molecule has 21 heavy (non-hydrogen) atoms. The number of rotatable bonds is 7. The number of nitrogens with zero attached hydrogens (tertiary/aromatic N) is 4. The Kier molecular flexibility index (Phi) is 4.36. The Morgan fingerprint density at radius 3 is 3.05 bits per heavy atom. The highest BCUT2D eigenvalue weighted by molar-refractivity contribution is 6.33. The molecule has 0 spiro atoms. The molecule has 0 atom stereocenters. The Labute approximate surface area is 128 Å². The van der Waals surface area contributed by atoms with E-state index in [0.717, 1.165) is 31.1 Å². The molecule has 2 aromatic rings. The number of benzene rings is 1. The lowest BCUT2D eigenvalue weighted by atomic mass is 10.2. The summed E-state index contributed by atoms with van der Waals surface area (Å²) in [4.78, 5) is 0. The van der Waals surface area contributed by atoms with Gasteiger partial charge in [-0.05, 0) is 53.8 Å². The standard InChI is InChI=1S/C14H18ClN5O/c15-13-5-4-11(16)8-12(13)14-17-18-19-20(14)6-1-7-21-9-10-2-3-10/h4-5,8,10H,1-3,6-7,9,16H2. The van der Waals surface area contributed by atoms with Gasteiger partial charge in [-0.3, -0.25) is 0 Å². The second-order valence-electron chi connectivity index (χ2n) is 5.34. The number of hydrogen-bond donors (Lipinski definition) is 1. The normalized spacial score (nSPS) is 14.5. The van der Waals surface area contributed by atoms with E-state index in [0.29, 0.717) is 23.1 Å². The van der Waals surface area contributed by atoms with Crippen LogP contribution in [0, 0.1) is 5.92 Å². The van der Waals surface area contributed by atoms with Gasteiger partial charge in [-0.1, -0.05) is 11.6 Å². The number of tetrazole rings is 1. The van der Waals surface area contributed by atoms with E-state index in [2.05, 4.69) is 15.5 Å². The van der Waals surface area contributed by atoms with Crippen molar-refractivity contribution in [3.63, 3.8) is 0 Å². The minimum absolute atomic E-state index is 0.588. The predicted octanol–water partition coefficient (Wildman–Crippen LogP) is 2.39. The van der Waals surface area contributed by atoms with Crippen molar-refractivity contribution in [3.05, 3.63) is 23.2 Å². The van der Waals surface area contributed by atoms with E-state index in [1.807, 2.05) is 0 Å². The molecule has 6 nitrogen and oxygen atoms in total. The Bertz CT molecular complexity index is 611. The van der Waals surface area contributed by atoms with Crippen molar-refractivity contribution < 1.29 is 4.74 Å². The van der Waals surface area contributed by atoms with Crippen LogP contribution in [-0.4, -0.2) is 33.4 Å². The van der Waals surface area contributed by atoms with Crippen molar-refractivity contribution in [2.24, 2.45) is 5.92 Å². The number of aryl methyl sites for hydroxylation is 1. The van der Waals surface area contributed by atoms with Crippen LogP contribution in [0.1, 0.15) is 19.3 Å². The monoisotopic (exact) mass is 307 g/mol. The van der Waals surface area contributed by atoms with Crippen LogP contribution in [0.15, 0.2) is 18.2 Å².